The van der Waals surface area contributed by atoms with Crippen LogP contribution in [0.3, 0.4) is 0 Å². The fraction of sp³-hybridized carbons (Fsp3) is 0.400. The summed E-state index contributed by atoms with van der Waals surface area (Å²) in [7, 11) is 2.80. The molecule has 0 aliphatic carbocycles. The molecule has 1 aromatic carbocycles. The Bertz CT molecular complexity index is 279. The topological polar surface area (TPSA) is 38.7 Å². The quantitative estimate of drug-likeness (QED) is 0.718. The maximum absolute atomic E-state index is 9.84. The minimum atomic E-state index is -1.63. The first-order chi connectivity index (χ1) is 6.14. The number of ether oxygens (including phenoxy) is 2. The molecule has 1 rings (SSSR count). The van der Waals surface area contributed by atoms with Gasteiger partial charge >= 0.3 is 5.97 Å². The van der Waals surface area contributed by atoms with Gasteiger partial charge in [-0.25, -0.2) is 0 Å². The Morgan fingerprint density at radius 2 is 1.69 bits per heavy atom. The zero-order valence-corrected chi connectivity index (χ0v) is 8.07. The fourth-order valence-electron chi connectivity index (χ4n) is 1.23. The number of hydrogen-bond acceptors (Lipinski definition) is 3. The van der Waals surface area contributed by atoms with Crippen LogP contribution in [0, 0.1) is 6.92 Å². The van der Waals surface area contributed by atoms with Crippen molar-refractivity contribution in [2.45, 2.75) is 12.9 Å². The molecule has 0 heterocycles. The van der Waals surface area contributed by atoms with E-state index in [-0.39, 0.29) is 0 Å². The van der Waals surface area contributed by atoms with Crippen LogP contribution in [0.5, 0.6) is 0 Å². The van der Waals surface area contributed by atoms with Gasteiger partial charge in [-0.15, -0.1) is 0 Å². The van der Waals surface area contributed by atoms with Crippen LogP contribution in [0.1, 0.15) is 11.1 Å². The molecule has 1 N–H and O–H groups in total. The number of rotatable bonds is 3. The molecule has 0 fully saturated rings. The highest BCUT2D eigenvalue weighted by Gasteiger charge is 2.30. The van der Waals surface area contributed by atoms with Crippen LogP contribution in [0.25, 0.3) is 0 Å². The van der Waals surface area contributed by atoms with E-state index in [9.17, 15) is 5.11 Å². The monoisotopic (exact) mass is 182 g/mol. The van der Waals surface area contributed by atoms with Crippen molar-refractivity contribution in [1.82, 2.24) is 0 Å². The van der Waals surface area contributed by atoms with Crippen LogP contribution in [-0.4, -0.2) is 19.3 Å². The molecule has 0 spiro atoms. The minimum absolute atomic E-state index is 0.625. The van der Waals surface area contributed by atoms with E-state index in [0.717, 1.165) is 5.56 Å². The van der Waals surface area contributed by atoms with Crippen LogP contribution >= 0.6 is 0 Å². The molecule has 0 amide bonds. The van der Waals surface area contributed by atoms with Gasteiger partial charge in [-0.05, 0) is 12.5 Å². The first-order valence-electron chi connectivity index (χ1n) is 4.03. The summed E-state index contributed by atoms with van der Waals surface area (Å²) in [4.78, 5) is 0. The van der Waals surface area contributed by atoms with Crippen LogP contribution in [0.2, 0.25) is 0 Å². The Morgan fingerprint density at radius 1 is 1.15 bits per heavy atom. The highest BCUT2D eigenvalue weighted by atomic mass is 16.8. The molecule has 0 saturated carbocycles. The Balaban J connectivity index is 3.12. The summed E-state index contributed by atoms with van der Waals surface area (Å²) in [5.74, 6) is -1.63. The van der Waals surface area contributed by atoms with Gasteiger partial charge in [0.05, 0.1) is 0 Å². The van der Waals surface area contributed by atoms with Crippen molar-refractivity contribution in [2.75, 3.05) is 14.2 Å². The Kier molecular flexibility index (Phi) is 3.03. The van der Waals surface area contributed by atoms with Crippen molar-refractivity contribution < 1.29 is 14.6 Å². The first-order valence-corrected chi connectivity index (χ1v) is 4.03. The van der Waals surface area contributed by atoms with Crippen LogP contribution in [-0.2, 0) is 15.4 Å². The third-order valence-corrected chi connectivity index (χ3v) is 2.04. The summed E-state index contributed by atoms with van der Waals surface area (Å²) < 4.78 is 9.77. The number of aliphatic hydroxyl groups is 1. The number of methoxy groups -OCH3 is 2. The molecular formula is C10H14O3. The zero-order chi connectivity index (χ0) is 9.90. The van der Waals surface area contributed by atoms with E-state index in [1.54, 1.807) is 6.07 Å². The van der Waals surface area contributed by atoms with E-state index in [4.69, 9.17) is 9.47 Å². The first kappa shape index (κ1) is 10.2. The van der Waals surface area contributed by atoms with Crippen LogP contribution < -0.4 is 0 Å². The van der Waals surface area contributed by atoms with Crippen molar-refractivity contribution in [3.8, 4) is 0 Å². The van der Waals surface area contributed by atoms with Crippen LogP contribution in [0.4, 0.5) is 0 Å². The molecule has 0 radical (unpaired) electrons. The number of aryl methyl sites for hydroxylation is 1. The summed E-state index contributed by atoms with van der Waals surface area (Å²) in [5.41, 5.74) is 1.55. The molecule has 0 aliphatic heterocycles. The van der Waals surface area contributed by atoms with Crippen molar-refractivity contribution >= 4 is 0 Å². The lowest BCUT2D eigenvalue weighted by atomic mass is 10.1. The van der Waals surface area contributed by atoms with E-state index in [1.165, 1.54) is 14.2 Å². The second-order valence-electron chi connectivity index (χ2n) is 2.81. The molecule has 0 unspecified atom stereocenters. The minimum Gasteiger partial charge on any atom is -0.339 e. The lowest BCUT2D eigenvalue weighted by molar-refractivity contribution is -0.352. The lowest BCUT2D eigenvalue weighted by Gasteiger charge is -2.25. The fourth-order valence-corrected chi connectivity index (χ4v) is 1.23. The van der Waals surface area contributed by atoms with Crippen molar-refractivity contribution in [1.29, 1.82) is 0 Å². The maximum Gasteiger partial charge on any atom is 0.309 e. The summed E-state index contributed by atoms with van der Waals surface area (Å²) in [6.07, 6.45) is 0. The smallest absolute Gasteiger partial charge is 0.309 e. The summed E-state index contributed by atoms with van der Waals surface area (Å²) in [6, 6.07) is 7.37. The third kappa shape index (κ3) is 1.88. The zero-order valence-electron chi connectivity index (χ0n) is 8.07. The number of hydrogen-bond donors (Lipinski definition) is 1. The van der Waals surface area contributed by atoms with Gasteiger partial charge in [0.1, 0.15) is 0 Å². The average molecular weight is 182 g/mol. The highest BCUT2D eigenvalue weighted by Crippen LogP contribution is 2.25. The molecule has 0 aliphatic rings. The van der Waals surface area contributed by atoms with Crippen molar-refractivity contribution in [3.05, 3.63) is 35.4 Å². The van der Waals surface area contributed by atoms with Gasteiger partial charge in [-0.2, -0.15) is 0 Å². The summed E-state index contributed by atoms with van der Waals surface area (Å²) in [5, 5.41) is 9.84. The molecular weight excluding hydrogens is 168 g/mol. The average Bonchev–Trinajstić information content (AvgIpc) is 2.17. The summed E-state index contributed by atoms with van der Waals surface area (Å²) >= 11 is 0. The second kappa shape index (κ2) is 3.87. The van der Waals surface area contributed by atoms with E-state index in [0.29, 0.717) is 5.56 Å². The maximum atomic E-state index is 9.84. The SMILES string of the molecule is COC(O)(OC)c1ccccc1C. The Morgan fingerprint density at radius 3 is 2.15 bits per heavy atom. The molecule has 13 heavy (non-hydrogen) atoms. The van der Waals surface area contributed by atoms with Gasteiger partial charge in [0, 0.05) is 19.8 Å². The standard InChI is InChI=1S/C10H14O3/c1-8-6-4-5-7-9(8)10(11,12-2)13-3/h4-7,11H,1-3H3. The predicted molar refractivity (Wildman–Crippen MR) is 49.1 cm³/mol. The molecule has 1 aromatic rings. The highest BCUT2D eigenvalue weighted by molar-refractivity contribution is 5.28. The normalized spacial score (nSPS) is 11.7. The van der Waals surface area contributed by atoms with Crippen molar-refractivity contribution in [2.24, 2.45) is 0 Å². The second-order valence-corrected chi connectivity index (χ2v) is 2.81. The number of benzene rings is 1. The molecule has 0 bridgehead atoms. The molecule has 0 saturated heterocycles. The predicted octanol–water partition coefficient (Wildman–Crippen LogP) is 1.39. The van der Waals surface area contributed by atoms with Gasteiger partial charge in [-0.1, -0.05) is 24.3 Å². The van der Waals surface area contributed by atoms with E-state index < -0.39 is 5.97 Å². The van der Waals surface area contributed by atoms with Gasteiger partial charge in [-0.3, -0.25) is 0 Å². The van der Waals surface area contributed by atoms with E-state index in [2.05, 4.69) is 0 Å². The molecule has 3 nitrogen and oxygen atoms in total. The van der Waals surface area contributed by atoms with Gasteiger partial charge in [0.2, 0.25) is 0 Å². The lowest BCUT2D eigenvalue weighted by Crippen LogP contribution is -2.30. The van der Waals surface area contributed by atoms with Gasteiger partial charge < -0.3 is 14.6 Å². The Labute approximate surface area is 77.9 Å². The van der Waals surface area contributed by atoms with E-state index in [1.807, 2.05) is 25.1 Å². The van der Waals surface area contributed by atoms with E-state index >= 15 is 0 Å². The van der Waals surface area contributed by atoms with Gasteiger partial charge in [0.25, 0.3) is 0 Å². The van der Waals surface area contributed by atoms with Crippen LogP contribution in [0.15, 0.2) is 24.3 Å². The summed E-state index contributed by atoms with van der Waals surface area (Å²) in [6.45, 7) is 1.89. The molecule has 0 aromatic heterocycles. The van der Waals surface area contributed by atoms with Gasteiger partial charge in [0.15, 0.2) is 0 Å². The molecule has 0 atom stereocenters. The van der Waals surface area contributed by atoms with Crippen molar-refractivity contribution in [3.63, 3.8) is 0 Å². The molecule has 3 heteroatoms. The largest absolute Gasteiger partial charge is 0.339 e. The Hall–Kier alpha value is -0.900. The molecule has 72 valence electrons. The third-order valence-electron chi connectivity index (χ3n) is 2.04.